The first kappa shape index (κ1) is 10.9. The van der Waals surface area contributed by atoms with Crippen LogP contribution in [0.4, 0.5) is 0 Å². The van der Waals surface area contributed by atoms with E-state index in [9.17, 15) is 0 Å². The minimum absolute atomic E-state index is 0.322. The molecular weight excluding hydrogens is 138 g/mol. The Labute approximate surface area is 70.1 Å². The van der Waals surface area contributed by atoms with Crippen molar-refractivity contribution >= 4 is 0 Å². The molecule has 11 heavy (non-hydrogen) atoms. The van der Waals surface area contributed by atoms with Gasteiger partial charge in [-0.2, -0.15) is 0 Å². The van der Waals surface area contributed by atoms with Gasteiger partial charge in [0.15, 0.2) is 0 Å². The molecule has 0 bridgehead atoms. The van der Waals surface area contributed by atoms with Crippen LogP contribution in [0.15, 0.2) is 0 Å². The third kappa shape index (κ3) is 5.22. The predicted molar refractivity (Wildman–Crippen MR) is 48.5 cm³/mol. The Morgan fingerprint density at radius 3 is 2.00 bits per heavy atom. The van der Waals surface area contributed by atoms with Crippen molar-refractivity contribution in [1.82, 2.24) is 0 Å². The highest BCUT2D eigenvalue weighted by Gasteiger charge is 2.11. The van der Waals surface area contributed by atoms with Crippen LogP contribution in [0.1, 0.15) is 27.7 Å². The SMILES string of the molecule is CC(C)OCC(CN)C(C)C. The molecule has 0 aliphatic heterocycles. The topological polar surface area (TPSA) is 35.2 Å². The molecule has 0 spiro atoms. The van der Waals surface area contributed by atoms with Gasteiger partial charge < -0.3 is 10.5 Å². The van der Waals surface area contributed by atoms with Crippen LogP contribution in [-0.4, -0.2) is 19.3 Å². The van der Waals surface area contributed by atoms with Gasteiger partial charge in [0.1, 0.15) is 0 Å². The highest BCUT2D eigenvalue weighted by atomic mass is 16.5. The maximum absolute atomic E-state index is 5.58. The minimum atomic E-state index is 0.322. The molecule has 0 saturated heterocycles. The molecule has 1 atom stereocenters. The fourth-order valence-electron chi connectivity index (χ4n) is 0.849. The van der Waals surface area contributed by atoms with Gasteiger partial charge in [-0.15, -0.1) is 0 Å². The van der Waals surface area contributed by atoms with Crippen LogP contribution in [0.25, 0.3) is 0 Å². The average molecular weight is 159 g/mol. The van der Waals surface area contributed by atoms with Crippen molar-refractivity contribution in [2.45, 2.75) is 33.8 Å². The Bertz CT molecular complexity index is 91.6. The normalized spacial score (nSPS) is 14.5. The molecular formula is C9H21NO. The number of rotatable bonds is 5. The number of hydrogen-bond donors (Lipinski definition) is 1. The van der Waals surface area contributed by atoms with E-state index in [-0.39, 0.29) is 0 Å². The summed E-state index contributed by atoms with van der Waals surface area (Å²) in [4.78, 5) is 0. The third-order valence-corrected chi connectivity index (χ3v) is 1.89. The second-order valence-corrected chi connectivity index (χ2v) is 3.62. The van der Waals surface area contributed by atoms with E-state index in [1.54, 1.807) is 0 Å². The van der Waals surface area contributed by atoms with Crippen molar-refractivity contribution in [1.29, 1.82) is 0 Å². The molecule has 0 rings (SSSR count). The molecule has 2 heteroatoms. The van der Waals surface area contributed by atoms with Crippen LogP contribution in [0.5, 0.6) is 0 Å². The van der Waals surface area contributed by atoms with E-state index in [4.69, 9.17) is 10.5 Å². The van der Waals surface area contributed by atoms with E-state index < -0.39 is 0 Å². The second-order valence-electron chi connectivity index (χ2n) is 3.62. The van der Waals surface area contributed by atoms with Gasteiger partial charge in [-0.3, -0.25) is 0 Å². The fraction of sp³-hybridized carbons (Fsp3) is 1.00. The summed E-state index contributed by atoms with van der Waals surface area (Å²) in [5.74, 6) is 1.14. The smallest absolute Gasteiger partial charge is 0.0519 e. The van der Waals surface area contributed by atoms with Crippen molar-refractivity contribution in [2.75, 3.05) is 13.2 Å². The first-order valence-corrected chi connectivity index (χ1v) is 4.39. The first-order chi connectivity index (χ1) is 5.07. The zero-order valence-electron chi connectivity index (χ0n) is 8.13. The molecule has 0 fully saturated rings. The highest BCUT2D eigenvalue weighted by molar-refractivity contribution is 4.62. The Kier molecular flexibility index (Phi) is 5.51. The Balaban J connectivity index is 3.52. The lowest BCUT2D eigenvalue weighted by molar-refractivity contribution is 0.0416. The summed E-state index contributed by atoms with van der Waals surface area (Å²) in [6.45, 7) is 9.99. The van der Waals surface area contributed by atoms with Crippen molar-refractivity contribution in [3.05, 3.63) is 0 Å². The Hall–Kier alpha value is -0.0800. The Morgan fingerprint density at radius 1 is 1.18 bits per heavy atom. The maximum atomic E-state index is 5.58. The number of ether oxygens (including phenoxy) is 1. The van der Waals surface area contributed by atoms with Crippen LogP contribution in [0.2, 0.25) is 0 Å². The first-order valence-electron chi connectivity index (χ1n) is 4.39. The molecule has 68 valence electrons. The molecule has 0 heterocycles. The predicted octanol–water partition coefficient (Wildman–Crippen LogP) is 1.64. The minimum Gasteiger partial charge on any atom is -0.378 e. The lowest BCUT2D eigenvalue weighted by Gasteiger charge is -2.19. The largest absolute Gasteiger partial charge is 0.378 e. The monoisotopic (exact) mass is 159 g/mol. The van der Waals surface area contributed by atoms with Gasteiger partial charge in [-0.05, 0) is 32.2 Å². The summed E-state index contributed by atoms with van der Waals surface area (Å²) in [6, 6.07) is 0. The van der Waals surface area contributed by atoms with Gasteiger partial charge in [0, 0.05) is 0 Å². The number of nitrogens with two attached hydrogens (primary N) is 1. The van der Waals surface area contributed by atoms with E-state index in [0.29, 0.717) is 17.9 Å². The van der Waals surface area contributed by atoms with E-state index >= 15 is 0 Å². The summed E-state index contributed by atoms with van der Waals surface area (Å²) in [7, 11) is 0. The summed E-state index contributed by atoms with van der Waals surface area (Å²) in [5, 5.41) is 0. The molecule has 0 aromatic rings. The van der Waals surface area contributed by atoms with Crippen LogP contribution in [0.3, 0.4) is 0 Å². The van der Waals surface area contributed by atoms with E-state index in [1.165, 1.54) is 0 Å². The lowest BCUT2D eigenvalue weighted by atomic mass is 9.97. The van der Waals surface area contributed by atoms with E-state index in [0.717, 1.165) is 13.2 Å². The molecule has 0 aliphatic carbocycles. The van der Waals surface area contributed by atoms with E-state index in [2.05, 4.69) is 13.8 Å². The van der Waals surface area contributed by atoms with Gasteiger partial charge in [0.25, 0.3) is 0 Å². The summed E-state index contributed by atoms with van der Waals surface area (Å²) in [6.07, 6.45) is 0.322. The maximum Gasteiger partial charge on any atom is 0.0519 e. The molecule has 0 aromatic heterocycles. The molecule has 0 aliphatic rings. The van der Waals surface area contributed by atoms with Crippen molar-refractivity contribution in [3.8, 4) is 0 Å². The second kappa shape index (κ2) is 5.56. The van der Waals surface area contributed by atoms with Gasteiger partial charge in [-0.1, -0.05) is 13.8 Å². The highest BCUT2D eigenvalue weighted by Crippen LogP contribution is 2.09. The van der Waals surface area contributed by atoms with Crippen LogP contribution < -0.4 is 5.73 Å². The van der Waals surface area contributed by atoms with E-state index in [1.807, 2.05) is 13.8 Å². The lowest BCUT2D eigenvalue weighted by Crippen LogP contribution is -2.26. The molecule has 1 unspecified atom stereocenters. The molecule has 0 amide bonds. The summed E-state index contributed by atoms with van der Waals surface area (Å²) >= 11 is 0. The Morgan fingerprint density at radius 2 is 1.73 bits per heavy atom. The summed E-state index contributed by atoms with van der Waals surface area (Å²) < 4.78 is 5.48. The fourth-order valence-corrected chi connectivity index (χ4v) is 0.849. The van der Waals surface area contributed by atoms with Gasteiger partial charge in [0.05, 0.1) is 12.7 Å². The summed E-state index contributed by atoms with van der Waals surface area (Å²) in [5.41, 5.74) is 5.58. The third-order valence-electron chi connectivity index (χ3n) is 1.89. The van der Waals surface area contributed by atoms with Crippen molar-refractivity contribution in [2.24, 2.45) is 17.6 Å². The van der Waals surface area contributed by atoms with Crippen LogP contribution in [-0.2, 0) is 4.74 Å². The van der Waals surface area contributed by atoms with Crippen LogP contribution >= 0.6 is 0 Å². The molecule has 0 saturated carbocycles. The number of hydrogen-bond acceptors (Lipinski definition) is 2. The van der Waals surface area contributed by atoms with Gasteiger partial charge in [0.2, 0.25) is 0 Å². The van der Waals surface area contributed by atoms with Crippen molar-refractivity contribution < 1.29 is 4.74 Å². The average Bonchev–Trinajstić information content (AvgIpc) is 1.87. The molecule has 2 N–H and O–H groups in total. The van der Waals surface area contributed by atoms with Gasteiger partial charge >= 0.3 is 0 Å². The zero-order chi connectivity index (χ0) is 8.85. The molecule has 0 aromatic carbocycles. The molecule has 2 nitrogen and oxygen atoms in total. The van der Waals surface area contributed by atoms with Crippen molar-refractivity contribution in [3.63, 3.8) is 0 Å². The molecule has 0 radical (unpaired) electrons. The van der Waals surface area contributed by atoms with Gasteiger partial charge in [-0.25, -0.2) is 0 Å². The van der Waals surface area contributed by atoms with Crippen LogP contribution in [0, 0.1) is 11.8 Å². The quantitative estimate of drug-likeness (QED) is 0.662. The standard InChI is InChI=1S/C9H21NO/c1-7(2)9(5-10)6-11-8(3)4/h7-9H,5-6,10H2,1-4H3. The zero-order valence-corrected chi connectivity index (χ0v) is 8.13.